The number of halogens is 1. The van der Waals surface area contributed by atoms with Crippen molar-refractivity contribution < 1.29 is 10.2 Å². The highest BCUT2D eigenvalue weighted by Gasteiger charge is 2.36. The topological polar surface area (TPSA) is 43.7 Å². The second-order valence-electron chi connectivity index (χ2n) is 4.52. The van der Waals surface area contributed by atoms with Gasteiger partial charge in [-0.2, -0.15) is 0 Å². The molecule has 1 unspecified atom stereocenters. The predicted octanol–water partition coefficient (Wildman–Crippen LogP) is 2.19. The minimum atomic E-state index is -0.926. The second kappa shape index (κ2) is 5.28. The van der Waals surface area contributed by atoms with Crippen LogP contribution < -0.4 is 0 Å². The van der Waals surface area contributed by atoms with Gasteiger partial charge in [0.1, 0.15) is 5.60 Å². The summed E-state index contributed by atoms with van der Waals surface area (Å²) in [5, 5.41) is 19.1. The first-order valence-electron chi connectivity index (χ1n) is 5.55. The summed E-state index contributed by atoms with van der Waals surface area (Å²) in [6.07, 6.45) is 0.625. The summed E-state index contributed by atoms with van der Waals surface area (Å²) in [4.78, 5) is 1.14. The lowest BCUT2D eigenvalue weighted by atomic mass is 10.1. The number of nitrogens with zero attached hydrogens (tertiary/aromatic N) is 1. The standard InChI is InChI=1S/C12H16BrNO2S/c1-9-2-3-11(10(13)6-9)17-14-5-4-12(16,7-14)8-15/h2-3,6,15-16H,4-5,7-8H2,1H3. The number of hydrogen-bond donors (Lipinski definition) is 2. The van der Waals surface area contributed by atoms with Crippen LogP contribution in [0.5, 0.6) is 0 Å². The van der Waals surface area contributed by atoms with Gasteiger partial charge in [0.15, 0.2) is 0 Å². The van der Waals surface area contributed by atoms with Gasteiger partial charge < -0.3 is 10.2 Å². The van der Waals surface area contributed by atoms with Crippen LogP contribution in [0.3, 0.4) is 0 Å². The highest BCUT2D eigenvalue weighted by Crippen LogP contribution is 2.35. The molecule has 0 bridgehead atoms. The molecule has 0 aromatic heterocycles. The summed E-state index contributed by atoms with van der Waals surface area (Å²) >= 11 is 5.16. The molecule has 0 saturated carbocycles. The van der Waals surface area contributed by atoms with Crippen molar-refractivity contribution in [3.8, 4) is 0 Å². The average Bonchev–Trinajstić information content (AvgIpc) is 2.66. The third-order valence-electron chi connectivity index (χ3n) is 2.91. The van der Waals surface area contributed by atoms with Gasteiger partial charge in [-0.3, -0.25) is 0 Å². The molecule has 1 aliphatic heterocycles. The largest absolute Gasteiger partial charge is 0.393 e. The van der Waals surface area contributed by atoms with Crippen LogP contribution in [0.2, 0.25) is 0 Å². The number of benzene rings is 1. The van der Waals surface area contributed by atoms with Crippen molar-refractivity contribution in [2.24, 2.45) is 0 Å². The van der Waals surface area contributed by atoms with E-state index in [0.29, 0.717) is 13.0 Å². The molecule has 94 valence electrons. The van der Waals surface area contributed by atoms with Gasteiger partial charge in [-0.15, -0.1) is 0 Å². The molecule has 1 fully saturated rings. The first kappa shape index (κ1) is 13.4. The minimum absolute atomic E-state index is 0.168. The van der Waals surface area contributed by atoms with E-state index in [2.05, 4.69) is 45.4 Å². The fourth-order valence-corrected chi connectivity index (χ4v) is 3.60. The van der Waals surface area contributed by atoms with Crippen molar-refractivity contribution >= 4 is 27.9 Å². The van der Waals surface area contributed by atoms with Crippen LogP contribution >= 0.6 is 27.9 Å². The van der Waals surface area contributed by atoms with Gasteiger partial charge in [0.05, 0.1) is 6.61 Å². The van der Waals surface area contributed by atoms with E-state index in [9.17, 15) is 5.11 Å². The van der Waals surface area contributed by atoms with E-state index in [1.165, 1.54) is 5.56 Å². The number of rotatable bonds is 3. The second-order valence-corrected chi connectivity index (χ2v) is 6.51. The van der Waals surface area contributed by atoms with Gasteiger partial charge in [0.2, 0.25) is 0 Å². The van der Waals surface area contributed by atoms with Gasteiger partial charge in [-0.1, -0.05) is 6.07 Å². The van der Waals surface area contributed by atoms with Crippen LogP contribution in [-0.4, -0.2) is 39.8 Å². The molecular formula is C12H16BrNO2S. The van der Waals surface area contributed by atoms with Crippen LogP contribution in [0.25, 0.3) is 0 Å². The van der Waals surface area contributed by atoms with Crippen LogP contribution in [-0.2, 0) is 0 Å². The molecule has 1 aliphatic rings. The normalized spacial score (nSPS) is 25.4. The van der Waals surface area contributed by atoms with Gasteiger partial charge in [0.25, 0.3) is 0 Å². The Hall–Kier alpha value is -0.0700. The number of aliphatic hydroxyl groups is 2. The van der Waals surface area contributed by atoms with Crippen molar-refractivity contribution in [1.82, 2.24) is 4.31 Å². The molecule has 1 aromatic carbocycles. The smallest absolute Gasteiger partial charge is 0.102 e. The van der Waals surface area contributed by atoms with Crippen LogP contribution in [0.1, 0.15) is 12.0 Å². The minimum Gasteiger partial charge on any atom is -0.393 e. The molecule has 1 aromatic rings. The molecule has 5 heteroatoms. The maximum atomic E-state index is 9.95. The van der Waals surface area contributed by atoms with Gasteiger partial charge >= 0.3 is 0 Å². The molecule has 3 nitrogen and oxygen atoms in total. The zero-order chi connectivity index (χ0) is 12.5. The maximum absolute atomic E-state index is 9.95. The average molecular weight is 318 g/mol. The van der Waals surface area contributed by atoms with E-state index >= 15 is 0 Å². The lowest BCUT2D eigenvalue weighted by Gasteiger charge is -2.20. The van der Waals surface area contributed by atoms with Crippen LogP contribution in [0.15, 0.2) is 27.6 Å². The summed E-state index contributed by atoms with van der Waals surface area (Å²) < 4.78 is 3.16. The van der Waals surface area contributed by atoms with Crippen molar-refractivity contribution in [1.29, 1.82) is 0 Å². The highest BCUT2D eigenvalue weighted by molar-refractivity contribution is 9.10. The van der Waals surface area contributed by atoms with E-state index in [1.54, 1.807) is 11.9 Å². The Bertz CT molecular complexity index is 415. The van der Waals surface area contributed by atoms with E-state index < -0.39 is 5.60 Å². The molecule has 2 rings (SSSR count). The molecule has 0 radical (unpaired) electrons. The molecule has 17 heavy (non-hydrogen) atoms. The fraction of sp³-hybridized carbons (Fsp3) is 0.500. The third-order valence-corrected chi connectivity index (χ3v) is 4.95. The first-order valence-corrected chi connectivity index (χ1v) is 7.11. The van der Waals surface area contributed by atoms with E-state index in [-0.39, 0.29) is 6.61 Å². The van der Waals surface area contributed by atoms with E-state index in [1.807, 2.05) is 0 Å². The van der Waals surface area contributed by atoms with Crippen LogP contribution in [0, 0.1) is 6.92 Å². The summed E-state index contributed by atoms with van der Waals surface area (Å²) in [5.41, 5.74) is 0.291. The van der Waals surface area contributed by atoms with Crippen molar-refractivity contribution in [2.75, 3.05) is 19.7 Å². The molecule has 0 aliphatic carbocycles. The number of hydrogen-bond acceptors (Lipinski definition) is 4. The molecule has 0 amide bonds. The monoisotopic (exact) mass is 317 g/mol. The van der Waals surface area contributed by atoms with Crippen molar-refractivity contribution in [3.63, 3.8) is 0 Å². The van der Waals surface area contributed by atoms with E-state index in [0.717, 1.165) is 15.9 Å². The summed E-state index contributed by atoms with van der Waals surface area (Å²) in [6.45, 7) is 3.19. The third kappa shape index (κ3) is 3.23. The Labute approximate surface area is 114 Å². The SMILES string of the molecule is Cc1ccc(SN2CCC(O)(CO)C2)c(Br)c1. The van der Waals surface area contributed by atoms with Crippen LogP contribution in [0.4, 0.5) is 0 Å². The Kier molecular flexibility index (Phi) is 4.15. The number of aryl methyl sites for hydroxylation is 1. The van der Waals surface area contributed by atoms with E-state index in [4.69, 9.17) is 5.11 Å². The lowest BCUT2D eigenvalue weighted by Crippen LogP contribution is -2.35. The lowest BCUT2D eigenvalue weighted by molar-refractivity contribution is -0.000269. The summed E-state index contributed by atoms with van der Waals surface area (Å²) in [5.74, 6) is 0. The Morgan fingerprint density at radius 2 is 2.29 bits per heavy atom. The van der Waals surface area contributed by atoms with Gasteiger partial charge in [-0.05, 0) is 58.9 Å². The first-order chi connectivity index (χ1) is 8.02. The Morgan fingerprint density at radius 3 is 2.88 bits per heavy atom. The number of β-amino-alcohol motifs (C(OH)–C–C–N with tert-alkyl or cyclic N) is 1. The summed E-state index contributed by atoms with van der Waals surface area (Å²) in [7, 11) is 0. The predicted molar refractivity (Wildman–Crippen MR) is 73.0 cm³/mol. The Balaban J connectivity index is 2.03. The van der Waals surface area contributed by atoms with Gasteiger partial charge in [-0.25, -0.2) is 4.31 Å². The quantitative estimate of drug-likeness (QED) is 0.839. The zero-order valence-corrected chi connectivity index (χ0v) is 12.1. The molecular weight excluding hydrogens is 302 g/mol. The maximum Gasteiger partial charge on any atom is 0.102 e. The van der Waals surface area contributed by atoms with Gasteiger partial charge in [0, 0.05) is 22.5 Å². The fourth-order valence-electron chi connectivity index (χ4n) is 1.85. The Morgan fingerprint density at radius 1 is 1.53 bits per heavy atom. The molecule has 1 atom stereocenters. The molecule has 1 heterocycles. The summed E-state index contributed by atoms with van der Waals surface area (Å²) in [6, 6.07) is 6.22. The number of aliphatic hydroxyl groups excluding tert-OH is 1. The molecule has 0 spiro atoms. The molecule has 1 saturated heterocycles. The molecule has 2 N–H and O–H groups in total. The van der Waals surface area contributed by atoms with Crippen molar-refractivity contribution in [2.45, 2.75) is 23.8 Å². The van der Waals surface area contributed by atoms with Crippen molar-refractivity contribution in [3.05, 3.63) is 28.2 Å². The zero-order valence-electron chi connectivity index (χ0n) is 9.69. The highest BCUT2D eigenvalue weighted by atomic mass is 79.9.